The van der Waals surface area contributed by atoms with Crippen LogP contribution >= 0.6 is 0 Å². The van der Waals surface area contributed by atoms with Gasteiger partial charge in [-0.1, -0.05) is 23.8 Å². The average Bonchev–Trinajstić information content (AvgIpc) is 2.52. The number of carbonyl (C=O) groups excluding carboxylic acids is 1. The van der Waals surface area contributed by atoms with Gasteiger partial charge in [-0.15, -0.1) is 0 Å². The number of hydrogen-bond donors (Lipinski definition) is 0. The predicted octanol–water partition coefficient (Wildman–Crippen LogP) is 3.27. The SMILES string of the molecule is COc1cc(OC)cc(OCC(=O)c2cccc(C)c2)c1. The highest BCUT2D eigenvalue weighted by Gasteiger charge is 2.08. The first-order valence-corrected chi connectivity index (χ1v) is 6.58. The summed E-state index contributed by atoms with van der Waals surface area (Å²) in [6.07, 6.45) is 0. The molecule has 0 unspecified atom stereocenters. The highest BCUT2D eigenvalue weighted by atomic mass is 16.5. The third-order valence-corrected chi connectivity index (χ3v) is 3.03. The maximum atomic E-state index is 12.1. The monoisotopic (exact) mass is 286 g/mol. The molecule has 0 atom stereocenters. The van der Waals surface area contributed by atoms with Crippen LogP contribution in [0.1, 0.15) is 15.9 Å². The first kappa shape index (κ1) is 14.9. The van der Waals surface area contributed by atoms with Gasteiger partial charge in [0.1, 0.15) is 17.2 Å². The zero-order chi connectivity index (χ0) is 15.2. The minimum atomic E-state index is -0.0690. The number of aryl methyl sites for hydroxylation is 1. The maximum Gasteiger partial charge on any atom is 0.200 e. The van der Waals surface area contributed by atoms with Crippen molar-refractivity contribution in [1.29, 1.82) is 0 Å². The van der Waals surface area contributed by atoms with E-state index < -0.39 is 0 Å². The molecule has 4 heteroatoms. The Labute approximate surface area is 124 Å². The molecule has 2 aromatic rings. The van der Waals surface area contributed by atoms with Gasteiger partial charge in [0, 0.05) is 23.8 Å². The van der Waals surface area contributed by atoms with E-state index in [1.54, 1.807) is 38.5 Å². The van der Waals surface area contributed by atoms with Gasteiger partial charge in [-0.3, -0.25) is 4.79 Å². The van der Waals surface area contributed by atoms with Crippen molar-refractivity contribution in [2.24, 2.45) is 0 Å². The van der Waals surface area contributed by atoms with Gasteiger partial charge < -0.3 is 14.2 Å². The second-order valence-corrected chi connectivity index (χ2v) is 4.63. The summed E-state index contributed by atoms with van der Waals surface area (Å²) < 4.78 is 15.9. The molecule has 0 aliphatic heterocycles. The lowest BCUT2D eigenvalue weighted by molar-refractivity contribution is 0.0921. The van der Waals surface area contributed by atoms with Crippen molar-refractivity contribution in [3.05, 3.63) is 53.6 Å². The van der Waals surface area contributed by atoms with E-state index >= 15 is 0 Å². The first-order chi connectivity index (χ1) is 10.1. The predicted molar refractivity (Wildman–Crippen MR) is 80.6 cm³/mol. The summed E-state index contributed by atoms with van der Waals surface area (Å²) in [5, 5.41) is 0. The topological polar surface area (TPSA) is 44.8 Å². The lowest BCUT2D eigenvalue weighted by Crippen LogP contribution is -2.11. The molecule has 0 bridgehead atoms. The molecular formula is C17H18O4. The molecule has 0 fully saturated rings. The Morgan fingerprint density at radius 1 is 0.952 bits per heavy atom. The molecule has 0 aliphatic carbocycles. The van der Waals surface area contributed by atoms with Crippen molar-refractivity contribution in [1.82, 2.24) is 0 Å². The highest BCUT2D eigenvalue weighted by Crippen LogP contribution is 2.27. The molecule has 0 N–H and O–H groups in total. The molecule has 4 nitrogen and oxygen atoms in total. The fourth-order valence-electron chi connectivity index (χ4n) is 1.92. The molecule has 0 saturated carbocycles. The van der Waals surface area contributed by atoms with Crippen molar-refractivity contribution in [2.75, 3.05) is 20.8 Å². The third-order valence-electron chi connectivity index (χ3n) is 3.03. The van der Waals surface area contributed by atoms with E-state index in [-0.39, 0.29) is 12.4 Å². The molecule has 0 aromatic heterocycles. The number of hydrogen-bond acceptors (Lipinski definition) is 4. The Morgan fingerprint density at radius 3 is 2.14 bits per heavy atom. The molecule has 0 spiro atoms. The van der Waals surface area contributed by atoms with Gasteiger partial charge in [0.15, 0.2) is 12.4 Å². The van der Waals surface area contributed by atoms with E-state index in [4.69, 9.17) is 14.2 Å². The summed E-state index contributed by atoms with van der Waals surface area (Å²) in [5.41, 5.74) is 1.69. The molecular weight excluding hydrogens is 268 g/mol. The first-order valence-electron chi connectivity index (χ1n) is 6.58. The van der Waals surface area contributed by atoms with Gasteiger partial charge in [0.05, 0.1) is 14.2 Å². The second-order valence-electron chi connectivity index (χ2n) is 4.63. The van der Waals surface area contributed by atoms with Crippen molar-refractivity contribution in [2.45, 2.75) is 6.92 Å². The molecule has 2 rings (SSSR count). The van der Waals surface area contributed by atoms with Crippen LogP contribution in [-0.4, -0.2) is 26.6 Å². The summed E-state index contributed by atoms with van der Waals surface area (Å²) in [5.74, 6) is 1.70. The average molecular weight is 286 g/mol. The lowest BCUT2D eigenvalue weighted by atomic mass is 10.1. The van der Waals surface area contributed by atoms with Crippen LogP contribution in [0.15, 0.2) is 42.5 Å². The standard InChI is InChI=1S/C17H18O4/c1-12-5-4-6-13(7-12)17(18)11-21-16-9-14(19-2)8-15(10-16)20-3/h4-10H,11H2,1-3H3. The van der Waals surface area contributed by atoms with Crippen LogP contribution in [0.5, 0.6) is 17.2 Å². The van der Waals surface area contributed by atoms with Gasteiger partial charge in [-0.25, -0.2) is 0 Å². The summed E-state index contributed by atoms with van der Waals surface area (Å²) in [4.78, 5) is 12.1. The molecule has 110 valence electrons. The van der Waals surface area contributed by atoms with Gasteiger partial charge in [0.2, 0.25) is 0 Å². The molecule has 2 aromatic carbocycles. The van der Waals surface area contributed by atoms with E-state index in [1.165, 1.54) is 0 Å². The molecule has 0 saturated heterocycles. The number of rotatable bonds is 6. The second kappa shape index (κ2) is 6.79. The summed E-state index contributed by atoms with van der Waals surface area (Å²) in [7, 11) is 3.13. The van der Waals surface area contributed by atoms with E-state index in [9.17, 15) is 4.79 Å². The van der Waals surface area contributed by atoms with Crippen LogP contribution < -0.4 is 14.2 Å². The Hall–Kier alpha value is -2.49. The number of carbonyl (C=O) groups is 1. The van der Waals surface area contributed by atoms with Gasteiger partial charge >= 0.3 is 0 Å². The summed E-state index contributed by atoms with van der Waals surface area (Å²) in [6, 6.07) is 12.6. The Kier molecular flexibility index (Phi) is 4.82. The van der Waals surface area contributed by atoms with E-state index in [1.807, 2.05) is 25.1 Å². The summed E-state index contributed by atoms with van der Waals surface area (Å²) >= 11 is 0. The summed E-state index contributed by atoms with van der Waals surface area (Å²) in [6.45, 7) is 1.92. The fourth-order valence-corrected chi connectivity index (χ4v) is 1.92. The van der Waals surface area contributed by atoms with Crippen LogP contribution in [0, 0.1) is 6.92 Å². The Morgan fingerprint density at radius 2 is 1.57 bits per heavy atom. The van der Waals surface area contributed by atoms with Crippen molar-refractivity contribution >= 4 is 5.78 Å². The number of Topliss-reactive ketones (excluding diaryl/α,β-unsaturated/α-hetero) is 1. The van der Waals surface area contributed by atoms with Crippen molar-refractivity contribution in [3.63, 3.8) is 0 Å². The van der Waals surface area contributed by atoms with Gasteiger partial charge in [0.25, 0.3) is 0 Å². The number of methoxy groups -OCH3 is 2. The third kappa shape index (κ3) is 3.99. The lowest BCUT2D eigenvalue weighted by Gasteiger charge is -2.10. The largest absolute Gasteiger partial charge is 0.496 e. The van der Waals surface area contributed by atoms with Crippen LogP contribution in [-0.2, 0) is 0 Å². The zero-order valence-corrected chi connectivity index (χ0v) is 12.4. The zero-order valence-electron chi connectivity index (χ0n) is 12.4. The Bertz CT molecular complexity index is 612. The quantitative estimate of drug-likeness (QED) is 0.764. The fraction of sp³-hybridized carbons (Fsp3) is 0.235. The van der Waals surface area contributed by atoms with E-state index in [2.05, 4.69) is 0 Å². The minimum Gasteiger partial charge on any atom is -0.496 e. The van der Waals surface area contributed by atoms with Crippen LogP contribution in [0.3, 0.4) is 0 Å². The molecule has 21 heavy (non-hydrogen) atoms. The smallest absolute Gasteiger partial charge is 0.200 e. The van der Waals surface area contributed by atoms with Crippen LogP contribution in [0.2, 0.25) is 0 Å². The Balaban J connectivity index is 2.07. The molecule has 0 radical (unpaired) electrons. The number of benzene rings is 2. The van der Waals surface area contributed by atoms with Gasteiger partial charge in [-0.2, -0.15) is 0 Å². The maximum absolute atomic E-state index is 12.1. The van der Waals surface area contributed by atoms with Crippen molar-refractivity contribution in [3.8, 4) is 17.2 Å². The van der Waals surface area contributed by atoms with E-state index in [0.29, 0.717) is 22.8 Å². The number of ketones is 1. The normalized spacial score (nSPS) is 10.0. The highest BCUT2D eigenvalue weighted by molar-refractivity contribution is 5.97. The van der Waals surface area contributed by atoms with Gasteiger partial charge in [-0.05, 0) is 13.0 Å². The van der Waals surface area contributed by atoms with Crippen LogP contribution in [0.25, 0.3) is 0 Å². The van der Waals surface area contributed by atoms with E-state index in [0.717, 1.165) is 5.56 Å². The minimum absolute atomic E-state index is 0.0280. The molecule has 0 aliphatic rings. The van der Waals surface area contributed by atoms with Crippen molar-refractivity contribution < 1.29 is 19.0 Å². The number of ether oxygens (including phenoxy) is 3. The molecule has 0 heterocycles. The molecule has 0 amide bonds. The van der Waals surface area contributed by atoms with Crippen LogP contribution in [0.4, 0.5) is 0 Å².